The number of rotatable bonds is 2. The Hall–Kier alpha value is -2.44. The van der Waals surface area contributed by atoms with Crippen molar-refractivity contribution >= 4 is 29.1 Å². The molecule has 1 atom stereocenters. The van der Waals surface area contributed by atoms with Crippen molar-refractivity contribution in [3.05, 3.63) is 64.4 Å². The minimum atomic E-state index is -0.610. The summed E-state index contributed by atoms with van der Waals surface area (Å²) in [6.07, 6.45) is 1.56. The lowest BCUT2D eigenvalue weighted by Gasteiger charge is -2.38. The molecule has 5 nitrogen and oxygen atoms in total. The highest BCUT2D eigenvalue weighted by Gasteiger charge is 2.33. The standard InChI is InChI=1S/C21H21ClFN3O2/c22-15-5-3-6-16(23)19(15)21(28)26-12-10-25(11-13-26)18-9-8-14-4-1-2-7-17(14)24-20(18)27/h1-7,18H,8-13H2,(H,24,27). The summed E-state index contributed by atoms with van der Waals surface area (Å²) in [5, 5.41) is 3.14. The topological polar surface area (TPSA) is 52.7 Å². The Morgan fingerprint density at radius 2 is 1.82 bits per heavy atom. The second-order valence-corrected chi connectivity index (χ2v) is 7.53. The van der Waals surface area contributed by atoms with E-state index < -0.39 is 11.7 Å². The number of aryl methyl sites for hydroxylation is 1. The molecule has 1 fully saturated rings. The van der Waals surface area contributed by atoms with Crippen molar-refractivity contribution in [2.24, 2.45) is 0 Å². The lowest BCUT2D eigenvalue weighted by atomic mass is 10.0. The molecule has 2 aliphatic heterocycles. The average Bonchev–Trinajstić information content (AvgIpc) is 2.86. The molecule has 0 aliphatic carbocycles. The molecule has 0 bridgehead atoms. The van der Waals surface area contributed by atoms with Crippen LogP contribution in [0.5, 0.6) is 0 Å². The molecule has 2 heterocycles. The zero-order valence-corrected chi connectivity index (χ0v) is 16.1. The van der Waals surface area contributed by atoms with Gasteiger partial charge in [-0.2, -0.15) is 0 Å². The van der Waals surface area contributed by atoms with Gasteiger partial charge in [-0.1, -0.05) is 35.9 Å². The molecule has 2 aliphatic rings. The van der Waals surface area contributed by atoms with Crippen LogP contribution in [0.1, 0.15) is 22.3 Å². The molecule has 0 saturated carbocycles. The van der Waals surface area contributed by atoms with E-state index >= 15 is 0 Å². The van der Waals surface area contributed by atoms with Gasteiger partial charge in [0, 0.05) is 31.9 Å². The van der Waals surface area contributed by atoms with E-state index in [2.05, 4.69) is 10.2 Å². The Kier molecular flexibility index (Phi) is 5.33. The van der Waals surface area contributed by atoms with Crippen molar-refractivity contribution in [2.75, 3.05) is 31.5 Å². The van der Waals surface area contributed by atoms with Crippen LogP contribution < -0.4 is 5.32 Å². The van der Waals surface area contributed by atoms with Gasteiger partial charge in [-0.25, -0.2) is 4.39 Å². The van der Waals surface area contributed by atoms with Crippen LogP contribution in [-0.4, -0.2) is 53.8 Å². The molecule has 1 unspecified atom stereocenters. The number of piperazine rings is 1. The maximum Gasteiger partial charge on any atom is 0.258 e. The van der Waals surface area contributed by atoms with Gasteiger partial charge < -0.3 is 10.2 Å². The summed E-state index contributed by atoms with van der Waals surface area (Å²) in [5.74, 6) is -1.02. The van der Waals surface area contributed by atoms with Crippen LogP contribution in [0.3, 0.4) is 0 Å². The van der Waals surface area contributed by atoms with Gasteiger partial charge in [-0.05, 0) is 36.6 Å². The van der Waals surface area contributed by atoms with Gasteiger partial charge in [0.2, 0.25) is 5.91 Å². The van der Waals surface area contributed by atoms with Gasteiger partial charge in [0.25, 0.3) is 5.91 Å². The van der Waals surface area contributed by atoms with Gasteiger partial charge in [0.15, 0.2) is 0 Å². The first-order valence-corrected chi connectivity index (χ1v) is 9.78. The van der Waals surface area contributed by atoms with Gasteiger partial charge in [0.05, 0.1) is 16.6 Å². The minimum absolute atomic E-state index is 0.0122. The average molecular weight is 402 g/mol. The van der Waals surface area contributed by atoms with Crippen LogP contribution in [0.15, 0.2) is 42.5 Å². The third-order valence-electron chi connectivity index (χ3n) is 5.48. The lowest BCUT2D eigenvalue weighted by molar-refractivity contribution is -0.122. The van der Waals surface area contributed by atoms with Crippen molar-refractivity contribution in [2.45, 2.75) is 18.9 Å². The van der Waals surface area contributed by atoms with E-state index in [1.165, 1.54) is 18.2 Å². The highest BCUT2D eigenvalue weighted by Crippen LogP contribution is 2.25. The number of hydrogen-bond acceptors (Lipinski definition) is 3. The second-order valence-electron chi connectivity index (χ2n) is 7.13. The van der Waals surface area contributed by atoms with Crippen LogP contribution in [0.4, 0.5) is 10.1 Å². The summed E-state index contributed by atoms with van der Waals surface area (Å²) in [7, 11) is 0. The molecular weight excluding hydrogens is 381 g/mol. The van der Waals surface area contributed by atoms with E-state index in [0.29, 0.717) is 26.2 Å². The lowest BCUT2D eigenvalue weighted by Crippen LogP contribution is -2.54. The summed E-state index contributed by atoms with van der Waals surface area (Å²) >= 11 is 6.02. The first kappa shape index (κ1) is 18.9. The zero-order valence-electron chi connectivity index (χ0n) is 15.3. The molecule has 1 N–H and O–H groups in total. The number of anilines is 1. The maximum atomic E-state index is 14.1. The predicted molar refractivity (Wildman–Crippen MR) is 106 cm³/mol. The molecule has 7 heteroatoms. The largest absolute Gasteiger partial charge is 0.336 e. The van der Waals surface area contributed by atoms with Gasteiger partial charge in [-0.15, -0.1) is 0 Å². The van der Waals surface area contributed by atoms with Crippen LogP contribution in [0, 0.1) is 5.82 Å². The quantitative estimate of drug-likeness (QED) is 0.840. The molecule has 0 aromatic heterocycles. The van der Waals surface area contributed by atoms with Crippen molar-refractivity contribution in [1.29, 1.82) is 0 Å². The van der Waals surface area contributed by atoms with Gasteiger partial charge in [-0.3, -0.25) is 14.5 Å². The number of para-hydroxylation sites is 1. The van der Waals surface area contributed by atoms with Crippen LogP contribution in [0.2, 0.25) is 5.02 Å². The normalized spacial score (nSPS) is 20.3. The van der Waals surface area contributed by atoms with Crippen molar-refractivity contribution in [3.63, 3.8) is 0 Å². The molecule has 146 valence electrons. The molecule has 1 saturated heterocycles. The molecule has 2 amide bonds. The van der Waals surface area contributed by atoms with E-state index in [9.17, 15) is 14.0 Å². The fraction of sp³-hybridized carbons (Fsp3) is 0.333. The number of carbonyl (C=O) groups excluding carboxylic acids is 2. The molecule has 2 aromatic rings. The second kappa shape index (κ2) is 7.89. The Labute approximate surface area is 168 Å². The fourth-order valence-electron chi connectivity index (χ4n) is 3.94. The summed E-state index contributed by atoms with van der Waals surface area (Å²) in [6.45, 7) is 1.99. The zero-order chi connectivity index (χ0) is 19.7. The molecular formula is C21H21ClFN3O2. The van der Waals surface area contributed by atoms with Crippen LogP contribution in [0.25, 0.3) is 0 Å². The molecule has 4 rings (SSSR count). The summed E-state index contributed by atoms with van der Waals surface area (Å²) < 4.78 is 14.1. The summed E-state index contributed by atoms with van der Waals surface area (Å²) in [6, 6.07) is 11.8. The maximum absolute atomic E-state index is 14.1. The number of nitrogens with one attached hydrogen (secondary N) is 1. The molecule has 2 aromatic carbocycles. The fourth-order valence-corrected chi connectivity index (χ4v) is 4.19. The Morgan fingerprint density at radius 3 is 2.57 bits per heavy atom. The minimum Gasteiger partial charge on any atom is -0.336 e. The smallest absolute Gasteiger partial charge is 0.258 e. The Bertz CT molecular complexity index is 892. The molecule has 0 radical (unpaired) electrons. The highest BCUT2D eigenvalue weighted by atomic mass is 35.5. The number of halogens is 2. The third-order valence-corrected chi connectivity index (χ3v) is 5.80. The first-order chi connectivity index (χ1) is 13.5. The molecule has 28 heavy (non-hydrogen) atoms. The first-order valence-electron chi connectivity index (χ1n) is 9.40. The van der Waals surface area contributed by atoms with Crippen LogP contribution in [-0.2, 0) is 11.2 Å². The van der Waals surface area contributed by atoms with Gasteiger partial charge >= 0.3 is 0 Å². The van der Waals surface area contributed by atoms with E-state index in [4.69, 9.17) is 11.6 Å². The van der Waals surface area contributed by atoms with Crippen molar-refractivity contribution < 1.29 is 14.0 Å². The predicted octanol–water partition coefficient (Wildman–Crippen LogP) is 3.19. The number of nitrogens with zero attached hydrogens (tertiary/aromatic N) is 2. The van der Waals surface area contributed by atoms with E-state index in [0.717, 1.165) is 24.1 Å². The Balaban J connectivity index is 1.42. The van der Waals surface area contributed by atoms with Gasteiger partial charge in [0.1, 0.15) is 5.82 Å². The number of hydrogen-bond donors (Lipinski definition) is 1. The molecule has 0 spiro atoms. The van der Waals surface area contributed by atoms with Crippen molar-refractivity contribution in [1.82, 2.24) is 9.80 Å². The van der Waals surface area contributed by atoms with Crippen LogP contribution >= 0.6 is 11.6 Å². The monoisotopic (exact) mass is 401 g/mol. The number of amides is 2. The SMILES string of the molecule is O=C1Nc2ccccc2CCC1N1CCN(C(=O)c2c(F)cccc2Cl)CC1. The van der Waals surface area contributed by atoms with E-state index in [1.807, 2.05) is 24.3 Å². The number of fused-ring (bicyclic) bond motifs is 1. The third kappa shape index (κ3) is 3.62. The summed E-state index contributed by atoms with van der Waals surface area (Å²) in [4.78, 5) is 29.1. The summed E-state index contributed by atoms with van der Waals surface area (Å²) in [5.41, 5.74) is 1.93. The van der Waals surface area contributed by atoms with E-state index in [-0.39, 0.29) is 22.5 Å². The Morgan fingerprint density at radius 1 is 1.07 bits per heavy atom. The highest BCUT2D eigenvalue weighted by molar-refractivity contribution is 6.33. The number of carbonyl (C=O) groups is 2. The number of benzene rings is 2. The van der Waals surface area contributed by atoms with Crippen molar-refractivity contribution in [3.8, 4) is 0 Å². The van der Waals surface area contributed by atoms with E-state index in [1.54, 1.807) is 4.90 Å².